The van der Waals surface area contributed by atoms with Crippen LogP contribution in [0.25, 0.3) is 0 Å². The number of carbonyl (C=O) groups excluding carboxylic acids is 2. The van der Waals surface area contributed by atoms with Gasteiger partial charge in [-0.05, 0) is 49.2 Å². The maximum Gasteiger partial charge on any atom is 0.256 e. The lowest BCUT2D eigenvalue weighted by molar-refractivity contribution is 0.1000. The molecule has 0 saturated carbocycles. The molecule has 3 N–H and O–H groups in total. The van der Waals surface area contributed by atoms with Crippen molar-refractivity contribution in [2.45, 2.75) is 39.7 Å². The van der Waals surface area contributed by atoms with Crippen molar-refractivity contribution >= 4 is 40.6 Å². The molecule has 0 unspecified atom stereocenters. The lowest BCUT2D eigenvalue weighted by Crippen LogP contribution is -2.30. The fourth-order valence-corrected chi connectivity index (χ4v) is 4.58. The quantitative estimate of drug-likeness (QED) is 0.609. The minimum absolute atomic E-state index is 0. The van der Waals surface area contributed by atoms with Crippen LogP contribution in [0.15, 0.2) is 24.3 Å². The number of carbonyl (C=O) groups is 2. The number of nitrogens with one attached hydrogen (secondary N) is 1. The number of nitrogens with zero attached hydrogens (tertiary/aromatic N) is 1. The summed E-state index contributed by atoms with van der Waals surface area (Å²) in [6.07, 6.45) is 2.84. The van der Waals surface area contributed by atoms with Crippen molar-refractivity contribution in [1.82, 2.24) is 4.90 Å². The van der Waals surface area contributed by atoms with Crippen LogP contribution in [0.5, 0.6) is 5.75 Å². The van der Waals surface area contributed by atoms with E-state index in [-0.39, 0.29) is 18.3 Å². The molecule has 3 rings (SSSR count). The standard InChI is InChI=1S/C21H27N3O3S.ClH/c1-3-5-12-27-15-8-6-14(7-9-15)20(26)23-21-18(19(22)25)16-10-11-24(4-2)13-17(16)28-21;/h6-9H,3-5,10-13H2,1-2H3,(H2,22,25)(H,23,26);1H. The lowest BCUT2D eigenvalue weighted by atomic mass is 10.0. The van der Waals surface area contributed by atoms with E-state index in [1.54, 1.807) is 24.3 Å². The molecule has 2 amide bonds. The number of hydrogen-bond acceptors (Lipinski definition) is 5. The molecule has 29 heavy (non-hydrogen) atoms. The van der Waals surface area contributed by atoms with Crippen molar-refractivity contribution in [3.05, 3.63) is 45.8 Å². The first-order chi connectivity index (χ1) is 13.5. The van der Waals surface area contributed by atoms with Crippen LogP contribution in [0, 0.1) is 0 Å². The SMILES string of the molecule is CCCCOc1ccc(C(=O)Nc2sc3c(c2C(N)=O)CCN(CC)C3)cc1.Cl. The molecule has 1 aromatic carbocycles. The second-order valence-electron chi connectivity index (χ2n) is 6.87. The van der Waals surface area contributed by atoms with E-state index in [1.165, 1.54) is 11.3 Å². The van der Waals surface area contributed by atoms with E-state index in [4.69, 9.17) is 10.5 Å². The summed E-state index contributed by atoms with van der Waals surface area (Å²) in [6, 6.07) is 7.04. The number of anilines is 1. The highest BCUT2D eigenvalue weighted by atomic mass is 35.5. The molecule has 158 valence electrons. The second-order valence-corrected chi connectivity index (χ2v) is 7.98. The molecule has 6 nitrogen and oxygen atoms in total. The van der Waals surface area contributed by atoms with Gasteiger partial charge in [-0.3, -0.25) is 14.5 Å². The maximum absolute atomic E-state index is 12.7. The van der Waals surface area contributed by atoms with Crippen molar-refractivity contribution in [3.8, 4) is 5.75 Å². The first kappa shape index (κ1) is 23.2. The van der Waals surface area contributed by atoms with Crippen LogP contribution in [-0.2, 0) is 13.0 Å². The van der Waals surface area contributed by atoms with Crippen molar-refractivity contribution in [2.75, 3.05) is 25.0 Å². The fourth-order valence-electron chi connectivity index (χ4n) is 3.29. The molecule has 1 aromatic heterocycles. The Morgan fingerprint density at radius 2 is 1.97 bits per heavy atom. The Balaban J connectivity index is 0.00000300. The van der Waals surface area contributed by atoms with Gasteiger partial charge >= 0.3 is 0 Å². The van der Waals surface area contributed by atoms with Crippen LogP contribution in [0.2, 0.25) is 0 Å². The normalized spacial score (nSPS) is 13.3. The zero-order valence-electron chi connectivity index (χ0n) is 16.8. The third-order valence-electron chi connectivity index (χ3n) is 4.94. The van der Waals surface area contributed by atoms with Gasteiger partial charge < -0.3 is 15.8 Å². The maximum atomic E-state index is 12.7. The molecule has 0 spiro atoms. The van der Waals surface area contributed by atoms with Crippen LogP contribution >= 0.6 is 23.7 Å². The Labute approximate surface area is 181 Å². The molecule has 0 aliphatic carbocycles. The number of primary amides is 1. The summed E-state index contributed by atoms with van der Waals surface area (Å²) in [5.74, 6) is 0.0000399. The number of halogens is 1. The number of likely N-dealkylation sites (N-methyl/N-ethyl adjacent to an activating group) is 1. The lowest BCUT2D eigenvalue weighted by Gasteiger charge is -2.25. The third kappa shape index (κ3) is 5.50. The summed E-state index contributed by atoms with van der Waals surface area (Å²) in [7, 11) is 0. The van der Waals surface area contributed by atoms with E-state index in [0.29, 0.717) is 22.7 Å². The zero-order chi connectivity index (χ0) is 20.1. The number of hydrogen-bond donors (Lipinski definition) is 2. The Bertz CT molecular complexity index is 852. The van der Waals surface area contributed by atoms with Gasteiger partial charge in [-0.1, -0.05) is 20.3 Å². The van der Waals surface area contributed by atoms with Gasteiger partial charge in [0.2, 0.25) is 0 Å². The monoisotopic (exact) mass is 437 g/mol. The van der Waals surface area contributed by atoms with Gasteiger partial charge in [0.05, 0.1) is 12.2 Å². The van der Waals surface area contributed by atoms with E-state index in [2.05, 4.69) is 24.1 Å². The highest BCUT2D eigenvalue weighted by Crippen LogP contribution is 2.37. The third-order valence-corrected chi connectivity index (χ3v) is 6.07. The molecule has 1 aliphatic rings. The summed E-state index contributed by atoms with van der Waals surface area (Å²) in [4.78, 5) is 28.1. The predicted octanol–water partition coefficient (Wildman–Crippen LogP) is 4.08. The van der Waals surface area contributed by atoms with Crippen LogP contribution in [0.4, 0.5) is 5.00 Å². The fraction of sp³-hybridized carbons (Fsp3) is 0.429. The van der Waals surface area contributed by atoms with Crippen molar-refractivity contribution < 1.29 is 14.3 Å². The average molecular weight is 438 g/mol. The summed E-state index contributed by atoms with van der Waals surface area (Å²) in [5, 5.41) is 3.43. The number of ether oxygens (including phenoxy) is 1. The van der Waals surface area contributed by atoms with Gasteiger partial charge in [0, 0.05) is 23.5 Å². The number of amides is 2. The first-order valence-electron chi connectivity index (χ1n) is 9.74. The first-order valence-corrected chi connectivity index (χ1v) is 10.6. The molecule has 0 radical (unpaired) electrons. The van der Waals surface area contributed by atoms with Gasteiger partial charge in [-0.15, -0.1) is 23.7 Å². The van der Waals surface area contributed by atoms with Crippen molar-refractivity contribution in [1.29, 1.82) is 0 Å². The zero-order valence-corrected chi connectivity index (χ0v) is 18.5. The van der Waals surface area contributed by atoms with Crippen LogP contribution in [-0.4, -0.2) is 36.4 Å². The van der Waals surface area contributed by atoms with Gasteiger partial charge in [0.1, 0.15) is 10.8 Å². The second kappa shape index (κ2) is 10.6. The molecule has 0 atom stereocenters. The molecule has 1 aliphatic heterocycles. The predicted molar refractivity (Wildman–Crippen MR) is 120 cm³/mol. The largest absolute Gasteiger partial charge is 0.494 e. The number of unbranched alkanes of at least 4 members (excludes halogenated alkanes) is 1. The summed E-state index contributed by atoms with van der Waals surface area (Å²) in [6.45, 7) is 7.53. The van der Waals surface area contributed by atoms with Crippen molar-refractivity contribution in [3.63, 3.8) is 0 Å². The van der Waals surface area contributed by atoms with E-state index in [9.17, 15) is 9.59 Å². The van der Waals surface area contributed by atoms with Crippen LogP contribution < -0.4 is 15.8 Å². The van der Waals surface area contributed by atoms with Gasteiger partial charge in [-0.2, -0.15) is 0 Å². The van der Waals surface area contributed by atoms with Gasteiger partial charge in [0.25, 0.3) is 11.8 Å². The molecule has 0 saturated heterocycles. The number of rotatable bonds is 8. The number of benzene rings is 1. The molecular formula is C21H28ClN3O3S. The minimum Gasteiger partial charge on any atom is -0.494 e. The summed E-state index contributed by atoms with van der Waals surface area (Å²) >= 11 is 1.45. The van der Waals surface area contributed by atoms with E-state index < -0.39 is 5.91 Å². The van der Waals surface area contributed by atoms with E-state index >= 15 is 0 Å². The molecule has 8 heteroatoms. The highest BCUT2D eigenvalue weighted by Gasteiger charge is 2.27. The minimum atomic E-state index is -0.488. The number of thiophene rings is 1. The van der Waals surface area contributed by atoms with Gasteiger partial charge in [0.15, 0.2) is 0 Å². The van der Waals surface area contributed by atoms with E-state index in [0.717, 1.165) is 55.1 Å². The van der Waals surface area contributed by atoms with Crippen LogP contribution in [0.1, 0.15) is 57.8 Å². The van der Waals surface area contributed by atoms with E-state index in [1.807, 2.05) is 0 Å². The highest BCUT2D eigenvalue weighted by molar-refractivity contribution is 7.17. The Morgan fingerprint density at radius 1 is 1.24 bits per heavy atom. The molecule has 0 fully saturated rings. The topological polar surface area (TPSA) is 84.7 Å². The molecule has 2 aromatic rings. The molecule has 2 heterocycles. The number of fused-ring (bicyclic) bond motifs is 1. The van der Waals surface area contributed by atoms with Gasteiger partial charge in [-0.25, -0.2) is 0 Å². The van der Waals surface area contributed by atoms with Crippen molar-refractivity contribution in [2.24, 2.45) is 5.73 Å². The Morgan fingerprint density at radius 3 is 2.59 bits per heavy atom. The summed E-state index contributed by atoms with van der Waals surface area (Å²) < 4.78 is 5.63. The van der Waals surface area contributed by atoms with Crippen LogP contribution in [0.3, 0.4) is 0 Å². The Hall–Kier alpha value is -2.09. The number of nitrogens with two attached hydrogens (primary N) is 1. The smallest absolute Gasteiger partial charge is 0.256 e. The average Bonchev–Trinajstić information content (AvgIpc) is 3.05. The molecule has 0 bridgehead atoms. The molecular weight excluding hydrogens is 410 g/mol. The summed E-state index contributed by atoms with van der Waals surface area (Å²) in [5.41, 5.74) is 7.59. The Kier molecular flexibility index (Phi) is 8.49.